The van der Waals surface area contributed by atoms with Crippen molar-refractivity contribution in [2.75, 3.05) is 6.54 Å². The number of hydrogen-bond donors (Lipinski definition) is 2. The van der Waals surface area contributed by atoms with Crippen LogP contribution in [0.2, 0.25) is 0 Å². The van der Waals surface area contributed by atoms with E-state index in [9.17, 15) is 4.79 Å². The Bertz CT molecular complexity index is 207. The van der Waals surface area contributed by atoms with Gasteiger partial charge in [0.15, 0.2) is 0 Å². The van der Waals surface area contributed by atoms with Crippen molar-refractivity contribution in [2.24, 2.45) is 5.92 Å². The zero-order chi connectivity index (χ0) is 9.97. The van der Waals surface area contributed by atoms with E-state index in [1.54, 1.807) is 0 Å². The molecule has 1 aliphatic heterocycles. The van der Waals surface area contributed by atoms with Gasteiger partial charge in [0.2, 0.25) is 5.91 Å². The quantitative estimate of drug-likeness (QED) is 0.708. The predicted octanol–water partition coefficient (Wildman–Crippen LogP) is 1.04. The van der Waals surface area contributed by atoms with E-state index in [4.69, 9.17) is 0 Å². The van der Waals surface area contributed by atoms with E-state index < -0.39 is 0 Å². The van der Waals surface area contributed by atoms with Crippen molar-refractivity contribution < 1.29 is 4.79 Å². The van der Waals surface area contributed by atoms with E-state index >= 15 is 0 Å². The van der Waals surface area contributed by atoms with E-state index in [2.05, 4.69) is 10.6 Å². The molecule has 0 bridgehead atoms. The average Bonchev–Trinajstić information content (AvgIpc) is 3.02. The van der Waals surface area contributed by atoms with E-state index in [-0.39, 0.29) is 11.8 Å². The minimum Gasteiger partial charge on any atom is -0.353 e. The molecule has 2 atom stereocenters. The van der Waals surface area contributed by atoms with Crippen LogP contribution in [0.4, 0.5) is 0 Å². The Morgan fingerprint density at radius 1 is 1.36 bits per heavy atom. The molecule has 2 N–H and O–H groups in total. The maximum absolute atomic E-state index is 11.7. The monoisotopic (exact) mass is 196 g/mol. The lowest BCUT2D eigenvalue weighted by Crippen LogP contribution is -2.46. The average molecular weight is 196 g/mol. The third kappa shape index (κ3) is 2.47. The van der Waals surface area contributed by atoms with Crippen LogP contribution < -0.4 is 10.6 Å². The van der Waals surface area contributed by atoms with Crippen molar-refractivity contribution in [3.8, 4) is 0 Å². The van der Waals surface area contributed by atoms with Crippen LogP contribution in [0.25, 0.3) is 0 Å². The molecule has 1 saturated heterocycles. The normalized spacial score (nSPS) is 29.6. The first-order valence-electron chi connectivity index (χ1n) is 5.81. The second-order valence-electron chi connectivity index (χ2n) is 4.63. The van der Waals surface area contributed by atoms with Gasteiger partial charge in [0.25, 0.3) is 0 Å². The van der Waals surface area contributed by atoms with Crippen molar-refractivity contribution in [1.29, 1.82) is 0 Å². The van der Waals surface area contributed by atoms with Gasteiger partial charge in [-0.2, -0.15) is 0 Å². The molecule has 0 aromatic carbocycles. The molecule has 14 heavy (non-hydrogen) atoms. The number of carbonyl (C=O) groups is 1. The van der Waals surface area contributed by atoms with Gasteiger partial charge in [0.05, 0.1) is 5.92 Å². The molecule has 1 amide bonds. The third-order valence-corrected chi connectivity index (χ3v) is 3.29. The molecular weight excluding hydrogens is 176 g/mol. The number of nitrogens with one attached hydrogen (secondary N) is 2. The lowest BCUT2D eigenvalue weighted by molar-refractivity contribution is -0.125. The van der Waals surface area contributed by atoms with Gasteiger partial charge in [0, 0.05) is 12.1 Å². The molecule has 3 heteroatoms. The van der Waals surface area contributed by atoms with Crippen LogP contribution in [-0.2, 0) is 4.79 Å². The summed E-state index contributed by atoms with van der Waals surface area (Å²) in [7, 11) is 0. The summed E-state index contributed by atoms with van der Waals surface area (Å²) < 4.78 is 0. The molecule has 1 saturated carbocycles. The Labute approximate surface area is 85.6 Å². The van der Waals surface area contributed by atoms with Crippen LogP contribution in [0, 0.1) is 5.92 Å². The molecular formula is C11H20N2O. The first-order chi connectivity index (χ1) is 6.77. The SMILES string of the molecule is CC(C(=O)NC1CC1)C1CCCCN1. The largest absolute Gasteiger partial charge is 0.353 e. The number of hydrogen-bond acceptors (Lipinski definition) is 2. The minimum absolute atomic E-state index is 0.135. The standard InChI is InChI=1S/C11H20N2O/c1-8(10-4-2-3-7-12-10)11(14)13-9-5-6-9/h8-10,12H,2-7H2,1H3,(H,13,14). The fourth-order valence-electron chi connectivity index (χ4n) is 2.05. The number of carbonyl (C=O) groups excluding carboxylic acids is 1. The van der Waals surface area contributed by atoms with E-state index in [0.717, 1.165) is 13.0 Å². The second kappa shape index (κ2) is 4.30. The van der Waals surface area contributed by atoms with E-state index in [0.29, 0.717) is 12.1 Å². The van der Waals surface area contributed by atoms with Crippen molar-refractivity contribution in [3.05, 3.63) is 0 Å². The summed E-state index contributed by atoms with van der Waals surface area (Å²) in [5.74, 6) is 0.378. The van der Waals surface area contributed by atoms with Crippen LogP contribution in [-0.4, -0.2) is 24.5 Å². The molecule has 0 spiro atoms. The van der Waals surface area contributed by atoms with Gasteiger partial charge < -0.3 is 10.6 Å². The summed E-state index contributed by atoms with van der Waals surface area (Å²) in [6, 6.07) is 0.899. The molecule has 0 aromatic rings. The predicted molar refractivity (Wildman–Crippen MR) is 56.0 cm³/mol. The van der Waals surface area contributed by atoms with Crippen LogP contribution in [0.1, 0.15) is 39.0 Å². The first-order valence-corrected chi connectivity index (χ1v) is 5.81. The minimum atomic E-state index is 0.135. The van der Waals surface area contributed by atoms with Gasteiger partial charge in [-0.1, -0.05) is 13.3 Å². The van der Waals surface area contributed by atoms with Gasteiger partial charge in [-0.15, -0.1) is 0 Å². The molecule has 1 aliphatic carbocycles. The lowest BCUT2D eigenvalue weighted by Gasteiger charge is -2.28. The highest BCUT2D eigenvalue weighted by Gasteiger charge is 2.29. The summed E-state index contributed by atoms with van der Waals surface area (Å²) >= 11 is 0. The van der Waals surface area contributed by atoms with E-state index in [1.165, 1.54) is 25.7 Å². The summed E-state index contributed by atoms with van der Waals surface area (Å²) in [6.07, 6.45) is 6.03. The molecule has 2 rings (SSSR count). The highest BCUT2D eigenvalue weighted by Crippen LogP contribution is 2.21. The summed E-state index contributed by atoms with van der Waals surface area (Å²) in [5, 5.41) is 6.50. The summed E-state index contributed by atoms with van der Waals surface area (Å²) in [5.41, 5.74) is 0. The molecule has 0 aromatic heterocycles. The molecule has 2 unspecified atom stereocenters. The highest BCUT2D eigenvalue weighted by atomic mass is 16.2. The smallest absolute Gasteiger partial charge is 0.224 e. The van der Waals surface area contributed by atoms with Crippen molar-refractivity contribution >= 4 is 5.91 Å². The highest BCUT2D eigenvalue weighted by molar-refractivity contribution is 5.79. The number of piperidine rings is 1. The van der Waals surface area contributed by atoms with Gasteiger partial charge >= 0.3 is 0 Å². The zero-order valence-corrected chi connectivity index (χ0v) is 8.88. The van der Waals surface area contributed by atoms with Crippen LogP contribution in [0.3, 0.4) is 0 Å². The summed E-state index contributed by atoms with van der Waals surface area (Å²) in [6.45, 7) is 3.12. The molecule has 3 nitrogen and oxygen atoms in total. The zero-order valence-electron chi connectivity index (χ0n) is 8.88. The number of rotatable bonds is 3. The van der Waals surface area contributed by atoms with Gasteiger partial charge in [-0.05, 0) is 32.2 Å². The fourth-order valence-corrected chi connectivity index (χ4v) is 2.05. The van der Waals surface area contributed by atoms with Crippen LogP contribution in [0.15, 0.2) is 0 Å². The Hall–Kier alpha value is -0.570. The molecule has 0 radical (unpaired) electrons. The van der Waals surface area contributed by atoms with Crippen molar-refractivity contribution in [2.45, 2.75) is 51.1 Å². The maximum Gasteiger partial charge on any atom is 0.224 e. The second-order valence-corrected chi connectivity index (χ2v) is 4.63. The van der Waals surface area contributed by atoms with Crippen molar-refractivity contribution in [1.82, 2.24) is 10.6 Å². The van der Waals surface area contributed by atoms with Crippen molar-refractivity contribution in [3.63, 3.8) is 0 Å². The van der Waals surface area contributed by atoms with Gasteiger partial charge in [-0.3, -0.25) is 4.79 Å². The Morgan fingerprint density at radius 3 is 2.71 bits per heavy atom. The summed E-state index contributed by atoms with van der Waals surface area (Å²) in [4.78, 5) is 11.7. The molecule has 2 aliphatic rings. The van der Waals surface area contributed by atoms with Crippen LogP contribution in [0.5, 0.6) is 0 Å². The Kier molecular flexibility index (Phi) is 3.06. The fraction of sp³-hybridized carbons (Fsp3) is 0.909. The lowest BCUT2D eigenvalue weighted by atomic mass is 9.93. The van der Waals surface area contributed by atoms with Gasteiger partial charge in [-0.25, -0.2) is 0 Å². The Balaban J connectivity index is 1.78. The topological polar surface area (TPSA) is 41.1 Å². The maximum atomic E-state index is 11.7. The number of amides is 1. The van der Waals surface area contributed by atoms with Gasteiger partial charge in [0.1, 0.15) is 0 Å². The first kappa shape index (κ1) is 9.97. The third-order valence-electron chi connectivity index (χ3n) is 3.29. The molecule has 80 valence electrons. The molecule has 2 fully saturated rings. The van der Waals surface area contributed by atoms with Crippen LogP contribution >= 0.6 is 0 Å². The Morgan fingerprint density at radius 2 is 2.14 bits per heavy atom. The molecule has 1 heterocycles. The van der Waals surface area contributed by atoms with E-state index in [1.807, 2.05) is 6.92 Å².